The predicted molar refractivity (Wildman–Crippen MR) is 91.8 cm³/mol. The molecule has 3 nitrogen and oxygen atoms in total. The predicted octanol–water partition coefficient (Wildman–Crippen LogP) is 1.37. The van der Waals surface area contributed by atoms with Gasteiger partial charge < -0.3 is 17.1 Å². The molecule has 1 aromatic carbocycles. The summed E-state index contributed by atoms with van der Waals surface area (Å²) < 4.78 is 10.5. The molecule has 0 radical (unpaired) electrons. The van der Waals surface area contributed by atoms with Crippen LogP contribution in [0.5, 0.6) is 0 Å². The van der Waals surface area contributed by atoms with Gasteiger partial charge in [-0.05, 0) is 18.6 Å². The van der Waals surface area contributed by atoms with Crippen molar-refractivity contribution in [2.75, 3.05) is 6.61 Å². The van der Waals surface area contributed by atoms with Gasteiger partial charge in [0, 0.05) is 6.42 Å². The Hall–Kier alpha value is -1.06. The lowest BCUT2D eigenvalue weighted by Gasteiger charge is -2.04. The topological polar surface area (TPSA) is 18.0 Å². The molecule has 1 heterocycles. The van der Waals surface area contributed by atoms with E-state index < -0.39 is 0 Å². The number of rotatable bonds is 10. The zero-order chi connectivity index (χ0) is 15.8. The minimum absolute atomic E-state index is 0. The van der Waals surface area contributed by atoms with Gasteiger partial charge in [0.1, 0.15) is 0 Å². The number of para-hydroxylation sites is 2. The monoisotopic (exact) mass is 338 g/mol. The average molecular weight is 339 g/mol. The maximum absolute atomic E-state index is 5.94. The summed E-state index contributed by atoms with van der Waals surface area (Å²) in [4.78, 5) is 0. The number of fused-ring (bicyclic) bond motifs is 1. The number of imidazole rings is 1. The van der Waals surface area contributed by atoms with Crippen LogP contribution in [-0.2, 0) is 24.9 Å². The molecule has 0 aliphatic rings. The molecule has 0 amide bonds. The molecule has 0 saturated heterocycles. The molecule has 0 N–H and O–H groups in total. The smallest absolute Gasteiger partial charge is 0.258 e. The quantitative estimate of drug-likeness (QED) is 0.472. The average Bonchev–Trinajstić information content (AvgIpc) is 2.82. The first-order valence-corrected chi connectivity index (χ1v) is 8.83. The zero-order valence-corrected chi connectivity index (χ0v) is 15.6. The summed E-state index contributed by atoms with van der Waals surface area (Å²) in [5.74, 6) is 1.32. The van der Waals surface area contributed by atoms with Crippen LogP contribution in [0, 0.1) is 0 Å². The van der Waals surface area contributed by atoms with Crippen LogP contribution in [0.15, 0.2) is 24.3 Å². The van der Waals surface area contributed by atoms with Gasteiger partial charge in [0.05, 0.1) is 13.7 Å². The lowest BCUT2D eigenvalue weighted by Crippen LogP contribution is -3.00. The molecule has 0 spiro atoms. The zero-order valence-electron chi connectivity index (χ0n) is 14.9. The fraction of sp³-hybridized carbons (Fsp3) is 0.632. The highest BCUT2D eigenvalue weighted by atomic mass is 35.5. The SMILES string of the molecule is CCCCCCCCOCn1c(CC)[n+](C)c2ccccc21.[Cl-]. The molecule has 130 valence electrons. The number of hydrogen-bond donors (Lipinski definition) is 0. The van der Waals surface area contributed by atoms with E-state index in [9.17, 15) is 0 Å². The number of halogens is 1. The molecular formula is C19H31ClN2O. The molecule has 1 aromatic heterocycles. The third-order valence-electron chi connectivity index (χ3n) is 4.41. The fourth-order valence-electron chi connectivity index (χ4n) is 3.15. The number of hydrogen-bond acceptors (Lipinski definition) is 1. The Morgan fingerprint density at radius 3 is 2.43 bits per heavy atom. The Bertz CT molecular complexity index is 580. The summed E-state index contributed by atoms with van der Waals surface area (Å²) in [5, 5.41) is 0. The second-order valence-corrected chi connectivity index (χ2v) is 6.05. The highest BCUT2D eigenvalue weighted by Gasteiger charge is 2.20. The van der Waals surface area contributed by atoms with Gasteiger partial charge in [0.15, 0.2) is 17.8 Å². The highest BCUT2D eigenvalue weighted by molar-refractivity contribution is 5.72. The summed E-state index contributed by atoms with van der Waals surface area (Å²) in [7, 11) is 2.14. The van der Waals surface area contributed by atoms with Crippen LogP contribution in [0.4, 0.5) is 0 Å². The minimum Gasteiger partial charge on any atom is -1.00 e. The Kier molecular flexibility index (Phi) is 9.27. The lowest BCUT2D eigenvalue weighted by molar-refractivity contribution is -0.654. The number of unbranched alkanes of at least 4 members (excludes halogenated alkanes) is 5. The van der Waals surface area contributed by atoms with E-state index in [1.165, 1.54) is 55.4 Å². The van der Waals surface area contributed by atoms with E-state index in [2.05, 4.69) is 54.3 Å². The van der Waals surface area contributed by atoms with Gasteiger partial charge >= 0.3 is 0 Å². The third kappa shape index (κ3) is 5.22. The van der Waals surface area contributed by atoms with Crippen LogP contribution >= 0.6 is 0 Å². The maximum atomic E-state index is 5.94. The molecule has 4 heteroatoms. The van der Waals surface area contributed by atoms with Crippen molar-refractivity contribution in [1.29, 1.82) is 0 Å². The van der Waals surface area contributed by atoms with Gasteiger partial charge in [0.2, 0.25) is 0 Å². The second-order valence-electron chi connectivity index (χ2n) is 6.05. The van der Waals surface area contributed by atoms with Crippen LogP contribution < -0.4 is 17.0 Å². The van der Waals surface area contributed by atoms with Crippen molar-refractivity contribution in [2.24, 2.45) is 7.05 Å². The second kappa shape index (κ2) is 10.7. The van der Waals surface area contributed by atoms with Crippen LogP contribution in [-0.4, -0.2) is 11.2 Å². The molecule has 23 heavy (non-hydrogen) atoms. The Balaban J connectivity index is 0.00000264. The Morgan fingerprint density at radius 1 is 1.00 bits per heavy atom. The molecule has 0 unspecified atom stereocenters. The van der Waals surface area contributed by atoms with Crippen LogP contribution in [0.1, 0.15) is 58.2 Å². The van der Waals surface area contributed by atoms with Crippen LogP contribution in [0.25, 0.3) is 11.0 Å². The van der Waals surface area contributed by atoms with Crippen molar-refractivity contribution in [3.63, 3.8) is 0 Å². The van der Waals surface area contributed by atoms with E-state index in [4.69, 9.17) is 4.74 Å². The first-order chi connectivity index (χ1) is 10.8. The fourth-order valence-corrected chi connectivity index (χ4v) is 3.15. The minimum atomic E-state index is 0. The van der Waals surface area contributed by atoms with Gasteiger partial charge in [-0.1, -0.05) is 58.1 Å². The van der Waals surface area contributed by atoms with E-state index in [-0.39, 0.29) is 12.4 Å². The number of nitrogens with zero attached hydrogens (tertiary/aromatic N) is 2. The number of benzene rings is 1. The van der Waals surface area contributed by atoms with Crippen molar-refractivity contribution in [2.45, 2.75) is 65.5 Å². The highest BCUT2D eigenvalue weighted by Crippen LogP contribution is 2.14. The normalized spacial score (nSPS) is 10.9. The van der Waals surface area contributed by atoms with E-state index in [0.717, 1.165) is 13.0 Å². The van der Waals surface area contributed by atoms with Gasteiger partial charge in [-0.2, -0.15) is 0 Å². The molecule has 0 aliphatic carbocycles. The molecule has 0 saturated carbocycles. The lowest BCUT2D eigenvalue weighted by atomic mass is 10.1. The van der Waals surface area contributed by atoms with Crippen molar-refractivity contribution in [3.05, 3.63) is 30.1 Å². The van der Waals surface area contributed by atoms with Gasteiger partial charge in [-0.25, -0.2) is 9.13 Å². The molecular weight excluding hydrogens is 308 g/mol. The van der Waals surface area contributed by atoms with Gasteiger partial charge in [-0.15, -0.1) is 0 Å². The van der Waals surface area contributed by atoms with Crippen molar-refractivity contribution >= 4 is 11.0 Å². The van der Waals surface area contributed by atoms with Gasteiger partial charge in [-0.3, -0.25) is 0 Å². The standard InChI is InChI=1S/C19H31N2O.ClH/c1-4-6-7-8-9-12-15-22-16-21-18-14-11-10-13-17(18)20(3)19(21)5-2;/h10-11,13-14H,4-9,12,15-16H2,1-3H3;1H/q+1;/p-1. The third-order valence-corrected chi connectivity index (χ3v) is 4.41. The van der Waals surface area contributed by atoms with Crippen LogP contribution in [0.3, 0.4) is 0 Å². The molecule has 0 atom stereocenters. The summed E-state index contributed by atoms with van der Waals surface area (Å²) in [6.45, 7) is 6.00. The first-order valence-electron chi connectivity index (χ1n) is 8.83. The summed E-state index contributed by atoms with van der Waals surface area (Å²) in [6.07, 6.45) is 8.89. The maximum Gasteiger partial charge on any atom is 0.258 e. The van der Waals surface area contributed by atoms with Crippen molar-refractivity contribution in [1.82, 2.24) is 4.57 Å². The number of aryl methyl sites for hydroxylation is 1. The first kappa shape index (κ1) is 20.0. The summed E-state index contributed by atoms with van der Waals surface area (Å²) in [5.41, 5.74) is 2.55. The van der Waals surface area contributed by atoms with E-state index in [1.54, 1.807) is 0 Å². The molecule has 0 fully saturated rings. The van der Waals surface area contributed by atoms with E-state index in [1.807, 2.05) is 0 Å². The molecule has 0 bridgehead atoms. The van der Waals surface area contributed by atoms with E-state index in [0.29, 0.717) is 6.73 Å². The number of aromatic nitrogens is 2. The summed E-state index contributed by atoms with van der Waals surface area (Å²) >= 11 is 0. The Morgan fingerprint density at radius 2 is 1.70 bits per heavy atom. The molecule has 0 aliphatic heterocycles. The van der Waals surface area contributed by atoms with Crippen LogP contribution in [0.2, 0.25) is 0 Å². The molecule has 2 rings (SSSR count). The molecule has 2 aromatic rings. The van der Waals surface area contributed by atoms with Gasteiger partial charge in [0.25, 0.3) is 5.82 Å². The van der Waals surface area contributed by atoms with Crippen molar-refractivity contribution < 1.29 is 21.7 Å². The Labute approximate surface area is 147 Å². The van der Waals surface area contributed by atoms with E-state index >= 15 is 0 Å². The summed E-state index contributed by atoms with van der Waals surface area (Å²) in [6, 6.07) is 8.57. The largest absolute Gasteiger partial charge is 1.00 e. The number of ether oxygens (including phenoxy) is 1. The van der Waals surface area contributed by atoms with Crippen molar-refractivity contribution in [3.8, 4) is 0 Å².